The Kier molecular flexibility index (Phi) is 6.84. The third-order valence-corrected chi connectivity index (χ3v) is 1.54. The Morgan fingerprint density at radius 2 is 1.93 bits per heavy atom. The van der Waals surface area contributed by atoms with Gasteiger partial charge < -0.3 is 15.0 Å². The van der Waals surface area contributed by atoms with Crippen molar-refractivity contribution in [2.45, 2.75) is 26.7 Å². The van der Waals surface area contributed by atoms with Crippen molar-refractivity contribution in [2.75, 3.05) is 13.2 Å². The summed E-state index contributed by atoms with van der Waals surface area (Å²) in [6, 6.07) is 0. The Balaban J connectivity index is 3.82. The average Bonchev–Trinajstić information content (AvgIpc) is 2.20. The zero-order valence-electron chi connectivity index (χ0n) is 8.86. The summed E-state index contributed by atoms with van der Waals surface area (Å²) in [5.74, 6) is -1.14. The maximum absolute atomic E-state index is 11.1. The number of carbonyl (C=O) groups excluding carboxylic acids is 2. The van der Waals surface area contributed by atoms with E-state index in [1.54, 1.807) is 13.8 Å². The lowest BCUT2D eigenvalue weighted by Gasteiger charge is -2.01. The van der Waals surface area contributed by atoms with Gasteiger partial charge in [-0.2, -0.15) is 4.79 Å². The molecular weight excluding hydrogens is 200 g/mol. The van der Waals surface area contributed by atoms with Gasteiger partial charge >= 0.3 is 17.7 Å². The first kappa shape index (κ1) is 13.3. The van der Waals surface area contributed by atoms with Crippen LogP contribution in [0.15, 0.2) is 0 Å². The molecule has 15 heavy (non-hydrogen) atoms. The van der Waals surface area contributed by atoms with E-state index in [2.05, 4.69) is 14.3 Å². The van der Waals surface area contributed by atoms with Crippen LogP contribution >= 0.6 is 0 Å². The number of nitrogens with zero attached hydrogens (tertiary/aromatic N) is 2. The molecule has 0 aliphatic carbocycles. The first-order chi connectivity index (χ1) is 7.15. The van der Waals surface area contributed by atoms with Crippen molar-refractivity contribution >= 4 is 17.7 Å². The summed E-state index contributed by atoms with van der Waals surface area (Å²) in [5, 5.41) is 0. The normalized spacial score (nSPS) is 8.93. The fraction of sp³-hybridized carbons (Fsp3) is 0.667. The van der Waals surface area contributed by atoms with Crippen LogP contribution in [0.25, 0.3) is 5.53 Å². The monoisotopic (exact) mass is 214 g/mol. The highest BCUT2D eigenvalue weighted by Gasteiger charge is 2.19. The van der Waals surface area contributed by atoms with Gasteiger partial charge in [-0.1, -0.05) is 6.92 Å². The molecule has 0 aliphatic heterocycles. The van der Waals surface area contributed by atoms with Crippen LogP contribution in [0, 0.1) is 0 Å². The Morgan fingerprint density at radius 3 is 2.40 bits per heavy atom. The predicted molar refractivity (Wildman–Crippen MR) is 51.1 cm³/mol. The first-order valence-electron chi connectivity index (χ1n) is 4.69. The highest BCUT2D eigenvalue weighted by atomic mass is 16.5. The van der Waals surface area contributed by atoms with Crippen molar-refractivity contribution in [3.05, 3.63) is 5.53 Å². The predicted octanol–water partition coefficient (Wildman–Crippen LogP) is 0.564. The van der Waals surface area contributed by atoms with Crippen LogP contribution in [0.2, 0.25) is 0 Å². The number of rotatable bonds is 6. The van der Waals surface area contributed by atoms with E-state index in [1.165, 1.54) is 0 Å². The van der Waals surface area contributed by atoms with Crippen LogP contribution in [0.5, 0.6) is 0 Å². The molecule has 0 saturated carbocycles. The summed E-state index contributed by atoms with van der Waals surface area (Å²) in [6.45, 7) is 3.57. The van der Waals surface area contributed by atoms with Gasteiger partial charge in [0.1, 0.15) is 6.61 Å². The van der Waals surface area contributed by atoms with Crippen LogP contribution in [-0.2, 0) is 19.1 Å². The molecule has 0 saturated heterocycles. The van der Waals surface area contributed by atoms with Crippen molar-refractivity contribution in [1.29, 1.82) is 0 Å². The lowest BCUT2D eigenvalue weighted by Crippen LogP contribution is -2.19. The molecular formula is C9H14N2O4. The van der Waals surface area contributed by atoms with Crippen molar-refractivity contribution < 1.29 is 23.9 Å². The Labute approximate surface area is 87.8 Å². The zero-order chi connectivity index (χ0) is 11.7. The van der Waals surface area contributed by atoms with Gasteiger partial charge in [0, 0.05) is 0 Å². The second-order valence-corrected chi connectivity index (χ2v) is 2.59. The van der Waals surface area contributed by atoms with E-state index < -0.39 is 11.9 Å². The largest absolute Gasteiger partial charge is 0.466 e. The van der Waals surface area contributed by atoms with Crippen molar-refractivity contribution in [1.82, 2.24) is 0 Å². The van der Waals surface area contributed by atoms with Crippen molar-refractivity contribution in [3.63, 3.8) is 0 Å². The fourth-order valence-electron chi connectivity index (χ4n) is 0.799. The molecule has 0 aliphatic rings. The first-order valence-corrected chi connectivity index (χ1v) is 4.69. The third-order valence-electron chi connectivity index (χ3n) is 1.54. The molecule has 0 aromatic carbocycles. The second-order valence-electron chi connectivity index (χ2n) is 2.59. The number of carbonyl (C=O) groups is 2. The maximum atomic E-state index is 11.1. The molecule has 0 heterocycles. The molecule has 0 atom stereocenters. The number of esters is 2. The summed E-state index contributed by atoms with van der Waals surface area (Å²) in [5.41, 5.74) is 8.31. The van der Waals surface area contributed by atoms with Crippen LogP contribution in [0.1, 0.15) is 26.7 Å². The van der Waals surface area contributed by atoms with Crippen LogP contribution in [0.4, 0.5) is 0 Å². The minimum absolute atomic E-state index is 0.00199. The topological polar surface area (TPSA) is 89.0 Å². The molecule has 6 nitrogen and oxygen atoms in total. The average molecular weight is 214 g/mol. The quantitative estimate of drug-likeness (QED) is 0.279. The van der Waals surface area contributed by atoms with Crippen LogP contribution < -0.4 is 0 Å². The van der Waals surface area contributed by atoms with Gasteiger partial charge in [-0.05, 0) is 6.92 Å². The van der Waals surface area contributed by atoms with E-state index in [0.29, 0.717) is 6.61 Å². The Morgan fingerprint density at radius 1 is 1.27 bits per heavy atom. The molecule has 0 rings (SSSR count). The van der Waals surface area contributed by atoms with Gasteiger partial charge in [0.2, 0.25) is 0 Å². The Bertz CT molecular complexity index is 282. The lowest BCUT2D eigenvalue weighted by atomic mass is 10.3. The highest BCUT2D eigenvalue weighted by Crippen LogP contribution is 1.91. The molecule has 0 fully saturated rings. The van der Waals surface area contributed by atoms with Gasteiger partial charge in [0.05, 0.1) is 19.4 Å². The smallest absolute Gasteiger partial charge is 0.416 e. The molecule has 0 radical (unpaired) electrons. The van der Waals surface area contributed by atoms with E-state index in [9.17, 15) is 9.59 Å². The summed E-state index contributed by atoms with van der Waals surface area (Å²) < 4.78 is 9.30. The van der Waals surface area contributed by atoms with Crippen molar-refractivity contribution in [2.24, 2.45) is 0 Å². The van der Waals surface area contributed by atoms with Gasteiger partial charge in [0.25, 0.3) is 0 Å². The van der Waals surface area contributed by atoms with E-state index in [1.807, 2.05) is 0 Å². The van der Waals surface area contributed by atoms with E-state index >= 15 is 0 Å². The molecule has 0 N–H and O–H groups in total. The molecule has 0 aromatic heterocycles. The molecule has 0 amide bonds. The van der Waals surface area contributed by atoms with E-state index in [4.69, 9.17) is 5.53 Å². The summed E-state index contributed by atoms with van der Waals surface area (Å²) in [4.78, 5) is 24.7. The van der Waals surface area contributed by atoms with Crippen LogP contribution in [-0.4, -0.2) is 35.7 Å². The minimum Gasteiger partial charge on any atom is -0.466 e. The number of ether oxygens (including phenoxy) is 2. The summed E-state index contributed by atoms with van der Waals surface area (Å²) >= 11 is 0. The van der Waals surface area contributed by atoms with Crippen LogP contribution in [0.3, 0.4) is 0 Å². The molecule has 6 heteroatoms. The fourth-order valence-corrected chi connectivity index (χ4v) is 0.799. The molecule has 84 valence electrons. The van der Waals surface area contributed by atoms with Gasteiger partial charge in [0.15, 0.2) is 0 Å². The molecule has 0 unspecified atom stereocenters. The standard InChI is InChI=1S/C9H14N2O4/c1-3-7(11-10)9(13)15-6-5-8(12)14-4-2/h3-6H2,1-2H3. The SMILES string of the molecule is CCOC(=O)CCOC(=O)C(CC)=[N+]=[N-]. The molecule has 0 spiro atoms. The molecule has 0 aromatic rings. The van der Waals surface area contributed by atoms with E-state index in [-0.39, 0.29) is 25.2 Å². The van der Waals surface area contributed by atoms with E-state index in [0.717, 1.165) is 0 Å². The lowest BCUT2D eigenvalue weighted by molar-refractivity contribution is -0.147. The van der Waals surface area contributed by atoms with Gasteiger partial charge in [-0.15, -0.1) is 0 Å². The molecule has 0 bridgehead atoms. The summed E-state index contributed by atoms with van der Waals surface area (Å²) in [6.07, 6.45) is 0.275. The number of hydrogen-bond donors (Lipinski definition) is 0. The van der Waals surface area contributed by atoms with Gasteiger partial charge in [-0.25, -0.2) is 4.79 Å². The summed E-state index contributed by atoms with van der Waals surface area (Å²) in [7, 11) is 0. The maximum Gasteiger partial charge on any atom is 0.416 e. The van der Waals surface area contributed by atoms with Crippen molar-refractivity contribution in [3.8, 4) is 0 Å². The zero-order valence-corrected chi connectivity index (χ0v) is 8.86. The Hall–Kier alpha value is -1.68. The third kappa shape index (κ3) is 5.59. The minimum atomic E-state index is -0.718. The highest BCUT2D eigenvalue weighted by molar-refractivity contribution is 6.33. The van der Waals surface area contributed by atoms with Gasteiger partial charge in [-0.3, -0.25) is 4.79 Å². The number of hydrogen-bond acceptors (Lipinski definition) is 4. The second kappa shape index (κ2) is 7.70.